The van der Waals surface area contributed by atoms with E-state index in [4.69, 9.17) is 11.6 Å². The molecule has 19 heavy (non-hydrogen) atoms. The second kappa shape index (κ2) is 5.28. The highest BCUT2D eigenvalue weighted by Gasteiger charge is 2.17. The number of carbonyl (C=O) groups is 1. The molecule has 5 heteroatoms. The molecule has 0 aliphatic heterocycles. The first-order valence-corrected chi connectivity index (χ1v) is 5.89. The minimum absolute atomic E-state index is 0.0262. The molecular formula is C14H11ClFNO2. The summed E-state index contributed by atoms with van der Waals surface area (Å²) in [4.78, 5) is 12.7. The summed E-state index contributed by atoms with van der Waals surface area (Å²) in [5, 5.41) is 9.50. The number of anilines is 2. The molecule has 98 valence electrons. The fraction of sp³-hybridized carbons (Fsp3) is 0.0714. The van der Waals surface area contributed by atoms with Gasteiger partial charge in [-0.1, -0.05) is 23.7 Å². The standard InChI is InChI=1S/C14H11ClFNO2/c1-17(13-5-3-2-4-11(13)16)12-7-6-9(15)8-10(12)14(18)19/h2-8H,1H3,(H,18,19). The Morgan fingerprint density at radius 3 is 2.53 bits per heavy atom. The minimum atomic E-state index is -1.11. The maximum absolute atomic E-state index is 13.7. The number of rotatable bonds is 3. The predicted molar refractivity (Wildman–Crippen MR) is 72.9 cm³/mol. The Balaban J connectivity index is 2.53. The topological polar surface area (TPSA) is 40.5 Å². The third-order valence-corrected chi connectivity index (χ3v) is 3.00. The van der Waals surface area contributed by atoms with E-state index < -0.39 is 11.8 Å². The van der Waals surface area contributed by atoms with Crippen LogP contribution in [-0.4, -0.2) is 18.1 Å². The van der Waals surface area contributed by atoms with Crippen LogP contribution in [0.3, 0.4) is 0 Å². The molecule has 0 spiro atoms. The summed E-state index contributed by atoms with van der Waals surface area (Å²) in [7, 11) is 1.61. The van der Waals surface area contributed by atoms with E-state index >= 15 is 0 Å². The summed E-state index contributed by atoms with van der Waals surface area (Å²) in [6.45, 7) is 0. The number of aromatic carboxylic acids is 1. The molecule has 0 heterocycles. The molecule has 1 N–H and O–H groups in total. The number of hydrogen-bond donors (Lipinski definition) is 1. The number of hydrogen-bond acceptors (Lipinski definition) is 2. The van der Waals surface area contributed by atoms with Gasteiger partial charge in [0.2, 0.25) is 0 Å². The molecule has 0 radical (unpaired) electrons. The molecular weight excluding hydrogens is 269 g/mol. The van der Waals surface area contributed by atoms with E-state index in [-0.39, 0.29) is 5.56 Å². The van der Waals surface area contributed by atoms with Gasteiger partial charge >= 0.3 is 5.97 Å². The molecule has 2 aromatic carbocycles. The minimum Gasteiger partial charge on any atom is -0.478 e. The van der Waals surface area contributed by atoms with Gasteiger partial charge in [0.25, 0.3) is 0 Å². The van der Waals surface area contributed by atoms with E-state index in [0.717, 1.165) is 0 Å². The van der Waals surface area contributed by atoms with E-state index in [0.29, 0.717) is 16.4 Å². The third kappa shape index (κ3) is 2.69. The summed E-state index contributed by atoms with van der Waals surface area (Å²) in [6.07, 6.45) is 0. The first-order chi connectivity index (χ1) is 9.00. The highest BCUT2D eigenvalue weighted by Crippen LogP contribution is 2.30. The zero-order valence-electron chi connectivity index (χ0n) is 10.1. The van der Waals surface area contributed by atoms with E-state index in [1.54, 1.807) is 37.4 Å². The fourth-order valence-electron chi connectivity index (χ4n) is 1.83. The lowest BCUT2D eigenvalue weighted by Gasteiger charge is -2.22. The van der Waals surface area contributed by atoms with Gasteiger partial charge in [0.15, 0.2) is 0 Å². The Morgan fingerprint density at radius 2 is 1.89 bits per heavy atom. The van der Waals surface area contributed by atoms with Crippen molar-refractivity contribution in [3.05, 3.63) is 58.9 Å². The molecule has 0 atom stereocenters. The first-order valence-electron chi connectivity index (χ1n) is 5.52. The zero-order valence-corrected chi connectivity index (χ0v) is 10.9. The van der Waals surface area contributed by atoms with Gasteiger partial charge in [-0.3, -0.25) is 0 Å². The van der Waals surface area contributed by atoms with Crippen molar-refractivity contribution in [1.29, 1.82) is 0 Å². The fourth-order valence-corrected chi connectivity index (χ4v) is 2.00. The normalized spacial score (nSPS) is 10.3. The van der Waals surface area contributed by atoms with Crippen molar-refractivity contribution in [2.45, 2.75) is 0 Å². The molecule has 0 aliphatic carbocycles. The van der Waals surface area contributed by atoms with Crippen LogP contribution in [0, 0.1) is 5.82 Å². The molecule has 0 unspecified atom stereocenters. The molecule has 3 nitrogen and oxygen atoms in total. The number of carboxylic acids is 1. The largest absolute Gasteiger partial charge is 0.478 e. The zero-order chi connectivity index (χ0) is 14.0. The molecule has 0 amide bonds. The maximum atomic E-state index is 13.7. The van der Waals surface area contributed by atoms with Crippen molar-refractivity contribution in [1.82, 2.24) is 0 Å². The molecule has 0 bridgehead atoms. The van der Waals surface area contributed by atoms with Crippen molar-refractivity contribution in [3.8, 4) is 0 Å². The molecule has 0 aromatic heterocycles. The van der Waals surface area contributed by atoms with Crippen LogP contribution in [0.2, 0.25) is 5.02 Å². The first kappa shape index (κ1) is 13.4. The van der Waals surface area contributed by atoms with Crippen LogP contribution in [0.15, 0.2) is 42.5 Å². The SMILES string of the molecule is CN(c1ccccc1F)c1ccc(Cl)cc1C(=O)O. The maximum Gasteiger partial charge on any atom is 0.337 e. The van der Waals surface area contributed by atoms with Gasteiger partial charge in [0.05, 0.1) is 16.9 Å². The van der Waals surface area contributed by atoms with Crippen LogP contribution in [0.25, 0.3) is 0 Å². The second-order valence-electron chi connectivity index (χ2n) is 3.98. The van der Waals surface area contributed by atoms with Gasteiger partial charge in [-0.2, -0.15) is 0 Å². The van der Waals surface area contributed by atoms with Crippen molar-refractivity contribution in [2.75, 3.05) is 11.9 Å². The summed E-state index contributed by atoms with van der Waals surface area (Å²) < 4.78 is 13.7. The Morgan fingerprint density at radius 1 is 1.21 bits per heavy atom. The Kier molecular flexibility index (Phi) is 3.71. The summed E-state index contributed by atoms with van der Waals surface area (Å²) in [5.74, 6) is -1.53. The van der Waals surface area contributed by atoms with Crippen molar-refractivity contribution >= 4 is 28.9 Å². The molecule has 0 aliphatic rings. The molecule has 2 rings (SSSR count). The molecule has 0 saturated heterocycles. The van der Waals surface area contributed by atoms with Gasteiger partial charge in [-0.05, 0) is 30.3 Å². The smallest absolute Gasteiger partial charge is 0.337 e. The third-order valence-electron chi connectivity index (χ3n) is 2.76. The molecule has 2 aromatic rings. The summed E-state index contributed by atoms with van der Waals surface area (Å²) in [5.41, 5.74) is 0.701. The number of benzene rings is 2. The lowest BCUT2D eigenvalue weighted by atomic mass is 10.1. The summed E-state index contributed by atoms with van der Waals surface area (Å²) in [6, 6.07) is 10.6. The lowest BCUT2D eigenvalue weighted by molar-refractivity contribution is 0.0697. The van der Waals surface area contributed by atoms with E-state index in [9.17, 15) is 14.3 Å². The van der Waals surface area contributed by atoms with Crippen LogP contribution in [-0.2, 0) is 0 Å². The highest BCUT2D eigenvalue weighted by molar-refractivity contribution is 6.31. The van der Waals surface area contributed by atoms with Gasteiger partial charge < -0.3 is 10.0 Å². The number of carboxylic acid groups (broad SMARTS) is 1. The van der Waals surface area contributed by atoms with Crippen LogP contribution in [0.4, 0.5) is 15.8 Å². The van der Waals surface area contributed by atoms with E-state index in [1.807, 2.05) is 0 Å². The predicted octanol–water partition coefficient (Wildman–Crippen LogP) is 3.95. The van der Waals surface area contributed by atoms with Crippen molar-refractivity contribution in [2.24, 2.45) is 0 Å². The van der Waals surface area contributed by atoms with Crippen LogP contribution in [0.1, 0.15) is 10.4 Å². The Hall–Kier alpha value is -2.07. The average molecular weight is 280 g/mol. The number of halogens is 2. The van der Waals surface area contributed by atoms with Gasteiger partial charge in [-0.15, -0.1) is 0 Å². The van der Waals surface area contributed by atoms with Crippen molar-refractivity contribution < 1.29 is 14.3 Å². The van der Waals surface area contributed by atoms with Crippen molar-refractivity contribution in [3.63, 3.8) is 0 Å². The molecule has 0 fully saturated rings. The van der Waals surface area contributed by atoms with Crippen LogP contribution >= 0.6 is 11.6 Å². The molecule has 0 saturated carbocycles. The quantitative estimate of drug-likeness (QED) is 0.925. The van der Waals surface area contributed by atoms with Gasteiger partial charge in [-0.25, -0.2) is 9.18 Å². The Labute approximate surface area is 114 Å². The second-order valence-corrected chi connectivity index (χ2v) is 4.41. The highest BCUT2D eigenvalue weighted by atomic mass is 35.5. The lowest BCUT2D eigenvalue weighted by Crippen LogP contribution is -2.15. The van der Waals surface area contributed by atoms with Crippen LogP contribution in [0.5, 0.6) is 0 Å². The monoisotopic (exact) mass is 279 g/mol. The van der Waals surface area contributed by atoms with E-state index in [1.165, 1.54) is 17.0 Å². The van der Waals surface area contributed by atoms with Crippen LogP contribution < -0.4 is 4.90 Å². The van der Waals surface area contributed by atoms with Gasteiger partial charge in [0.1, 0.15) is 5.82 Å². The van der Waals surface area contributed by atoms with E-state index in [2.05, 4.69) is 0 Å². The summed E-state index contributed by atoms with van der Waals surface area (Å²) >= 11 is 5.79. The average Bonchev–Trinajstić information content (AvgIpc) is 2.38. The van der Waals surface area contributed by atoms with Gasteiger partial charge in [0, 0.05) is 12.1 Å². The number of para-hydroxylation sites is 1. The number of nitrogens with zero attached hydrogens (tertiary/aromatic N) is 1. The Bertz CT molecular complexity index is 631.